The van der Waals surface area contributed by atoms with Crippen molar-refractivity contribution in [2.24, 2.45) is 0 Å². The molecule has 0 heterocycles. The quantitative estimate of drug-likeness (QED) is 0.217. The molecule has 0 amide bonds. The maximum absolute atomic E-state index is 5.46. The van der Waals surface area contributed by atoms with Crippen LogP contribution in [0.1, 0.15) is 0 Å². The maximum atomic E-state index is 5.46. The van der Waals surface area contributed by atoms with Gasteiger partial charge in [0.15, 0.2) is 6.79 Å². The Bertz CT molecular complexity index is 154. The fourth-order valence-corrected chi connectivity index (χ4v) is 1.43. The van der Waals surface area contributed by atoms with Crippen LogP contribution < -0.4 is 0 Å². The van der Waals surface area contributed by atoms with Crippen molar-refractivity contribution in [2.75, 3.05) is 19.3 Å². The smallest absolute Gasteiger partial charge is 0.188 e. The second kappa shape index (κ2) is 6.46. The average molecular weight is 223 g/mol. The van der Waals surface area contributed by atoms with Crippen LogP contribution >= 0.6 is 11.6 Å². The molecule has 0 rings (SSSR count). The molecule has 4 heteroatoms. The zero-order valence-electron chi connectivity index (χ0n) is 8.73. The molecular formula is C9H19ClO2Si. The van der Waals surface area contributed by atoms with Gasteiger partial charge in [0, 0.05) is 14.7 Å². The van der Waals surface area contributed by atoms with Gasteiger partial charge in [-0.3, -0.25) is 0 Å². The summed E-state index contributed by atoms with van der Waals surface area (Å²) in [6, 6.07) is 1.16. The van der Waals surface area contributed by atoms with Gasteiger partial charge in [0.05, 0.1) is 5.88 Å². The SMILES string of the molecule is C=C(CCl)OCOCC[Si](C)(C)C. The number of hydrogen-bond acceptors (Lipinski definition) is 2. The van der Waals surface area contributed by atoms with Crippen molar-refractivity contribution in [3.63, 3.8) is 0 Å². The molecule has 0 bridgehead atoms. The van der Waals surface area contributed by atoms with Crippen molar-refractivity contribution in [2.45, 2.75) is 25.7 Å². The second-order valence-corrected chi connectivity index (χ2v) is 10.0. The Balaban J connectivity index is 3.22. The summed E-state index contributed by atoms with van der Waals surface area (Å²) >= 11 is 5.46. The first-order valence-corrected chi connectivity index (χ1v) is 8.64. The number of allylic oxidation sites excluding steroid dienone is 1. The molecule has 0 saturated carbocycles. The van der Waals surface area contributed by atoms with Gasteiger partial charge in [0.1, 0.15) is 5.76 Å². The predicted octanol–water partition coefficient (Wildman–Crippen LogP) is 3.07. The highest BCUT2D eigenvalue weighted by Crippen LogP contribution is 2.07. The maximum Gasteiger partial charge on any atom is 0.188 e. The predicted molar refractivity (Wildman–Crippen MR) is 59.9 cm³/mol. The average Bonchev–Trinajstić information content (AvgIpc) is 2.01. The van der Waals surface area contributed by atoms with Crippen LogP contribution in [0.5, 0.6) is 0 Å². The lowest BCUT2D eigenvalue weighted by atomic mass is 10.7. The van der Waals surface area contributed by atoms with Crippen LogP contribution in [0, 0.1) is 0 Å². The lowest BCUT2D eigenvalue weighted by Gasteiger charge is -2.15. The molecule has 0 N–H and O–H groups in total. The van der Waals surface area contributed by atoms with E-state index in [9.17, 15) is 0 Å². The first kappa shape index (κ1) is 13.0. The third-order valence-electron chi connectivity index (χ3n) is 1.49. The van der Waals surface area contributed by atoms with Crippen LogP contribution in [0.3, 0.4) is 0 Å². The van der Waals surface area contributed by atoms with Crippen molar-refractivity contribution in [3.05, 3.63) is 12.3 Å². The normalized spacial score (nSPS) is 11.4. The third-order valence-corrected chi connectivity index (χ3v) is 3.49. The number of hydrogen-bond donors (Lipinski definition) is 0. The fourth-order valence-electron chi connectivity index (χ4n) is 0.601. The Morgan fingerprint density at radius 2 is 2.00 bits per heavy atom. The van der Waals surface area contributed by atoms with Crippen molar-refractivity contribution >= 4 is 19.7 Å². The zero-order valence-corrected chi connectivity index (χ0v) is 10.5. The zero-order chi connectivity index (χ0) is 10.3. The number of ether oxygens (including phenoxy) is 2. The van der Waals surface area contributed by atoms with Gasteiger partial charge in [-0.2, -0.15) is 0 Å². The molecule has 0 atom stereocenters. The van der Waals surface area contributed by atoms with E-state index in [-0.39, 0.29) is 6.79 Å². The lowest BCUT2D eigenvalue weighted by Crippen LogP contribution is -2.21. The Kier molecular flexibility index (Phi) is 6.46. The molecule has 0 aromatic heterocycles. The Morgan fingerprint density at radius 3 is 2.46 bits per heavy atom. The largest absolute Gasteiger partial charge is 0.471 e. The van der Waals surface area contributed by atoms with E-state index in [1.54, 1.807) is 0 Å². The molecule has 2 nitrogen and oxygen atoms in total. The molecule has 78 valence electrons. The van der Waals surface area contributed by atoms with E-state index in [0.29, 0.717) is 11.6 Å². The summed E-state index contributed by atoms with van der Waals surface area (Å²) in [6.45, 7) is 11.6. The Morgan fingerprint density at radius 1 is 1.38 bits per heavy atom. The van der Waals surface area contributed by atoms with Gasteiger partial charge in [-0.05, 0) is 6.04 Å². The first-order chi connectivity index (χ1) is 5.95. The van der Waals surface area contributed by atoms with Gasteiger partial charge >= 0.3 is 0 Å². The van der Waals surface area contributed by atoms with Gasteiger partial charge in [-0.15, -0.1) is 11.6 Å². The number of rotatable bonds is 7. The molecular weight excluding hydrogens is 204 g/mol. The lowest BCUT2D eigenvalue weighted by molar-refractivity contribution is -0.0163. The highest BCUT2D eigenvalue weighted by Gasteiger charge is 2.11. The minimum Gasteiger partial charge on any atom is -0.471 e. The topological polar surface area (TPSA) is 18.5 Å². The highest BCUT2D eigenvalue weighted by atomic mass is 35.5. The number of alkyl halides is 1. The molecule has 0 saturated heterocycles. The molecule has 0 aliphatic rings. The minimum atomic E-state index is -0.972. The molecule has 0 unspecified atom stereocenters. The first-order valence-electron chi connectivity index (χ1n) is 4.40. The summed E-state index contributed by atoms with van der Waals surface area (Å²) in [5.74, 6) is 0.895. The van der Waals surface area contributed by atoms with Crippen LogP contribution in [-0.2, 0) is 9.47 Å². The molecule has 13 heavy (non-hydrogen) atoms. The van der Waals surface area contributed by atoms with Crippen LogP contribution in [0.2, 0.25) is 25.7 Å². The molecule has 0 aliphatic carbocycles. The van der Waals surface area contributed by atoms with E-state index >= 15 is 0 Å². The van der Waals surface area contributed by atoms with Gasteiger partial charge in [0.25, 0.3) is 0 Å². The number of halogens is 1. The van der Waals surface area contributed by atoms with E-state index in [4.69, 9.17) is 21.1 Å². The second-order valence-electron chi connectivity index (χ2n) is 4.15. The molecule has 0 radical (unpaired) electrons. The Hall–Kier alpha value is 0.00688. The van der Waals surface area contributed by atoms with Crippen molar-refractivity contribution in [1.29, 1.82) is 0 Å². The Labute approximate surface area is 86.9 Å². The van der Waals surface area contributed by atoms with E-state index in [2.05, 4.69) is 26.2 Å². The van der Waals surface area contributed by atoms with Crippen molar-refractivity contribution < 1.29 is 9.47 Å². The molecule has 0 aliphatic heterocycles. The van der Waals surface area contributed by atoms with Crippen molar-refractivity contribution in [1.82, 2.24) is 0 Å². The van der Waals surface area contributed by atoms with Crippen LogP contribution in [-0.4, -0.2) is 27.4 Å². The van der Waals surface area contributed by atoms with Crippen LogP contribution in [0.15, 0.2) is 12.3 Å². The standard InChI is InChI=1S/C9H19ClO2Si/c1-9(7-10)12-8-11-5-6-13(2,3)4/h1,5-8H2,2-4H3. The summed E-state index contributed by atoms with van der Waals surface area (Å²) in [5, 5.41) is 0. The van der Waals surface area contributed by atoms with Gasteiger partial charge in [-0.25, -0.2) is 0 Å². The van der Waals surface area contributed by atoms with E-state index < -0.39 is 8.07 Å². The minimum absolute atomic E-state index is 0.274. The van der Waals surface area contributed by atoms with Crippen LogP contribution in [0.25, 0.3) is 0 Å². The fraction of sp³-hybridized carbons (Fsp3) is 0.778. The molecule has 0 fully saturated rings. The van der Waals surface area contributed by atoms with Crippen LogP contribution in [0.4, 0.5) is 0 Å². The van der Waals surface area contributed by atoms with Gasteiger partial charge < -0.3 is 9.47 Å². The van der Waals surface area contributed by atoms with E-state index in [1.165, 1.54) is 0 Å². The van der Waals surface area contributed by atoms with Crippen molar-refractivity contribution in [3.8, 4) is 0 Å². The third kappa shape index (κ3) is 9.92. The molecule has 0 spiro atoms. The monoisotopic (exact) mass is 222 g/mol. The summed E-state index contributed by atoms with van der Waals surface area (Å²) in [7, 11) is -0.972. The molecule has 0 aromatic carbocycles. The summed E-state index contributed by atoms with van der Waals surface area (Å²) in [6.07, 6.45) is 0. The van der Waals surface area contributed by atoms with E-state index in [0.717, 1.165) is 12.7 Å². The summed E-state index contributed by atoms with van der Waals surface area (Å²) in [4.78, 5) is 0. The summed E-state index contributed by atoms with van der Waals surface area (Å²) in [5.41, 5.74) is 0. The van der Waals surface area contributed by atoms with Gasteiger partial charge in [-0.1, -0.05) is 26.2 Å². The molecule has 0 aromatic rings. The van der Waals surface area contributed by atoms with Gasteiger partial charge in [0.2, 0.25) is 0 Å². The highest BCUT2D eigenvalue weighted by molar-refractivity contribution is 6.76. The summed E-state index contributed by atoms with van der Waals surface area (Å²) < 4.78 is 10.3. The van der Waals surface area contributed by atoms with E-state index in [1.807, 2.05) is 0 Å².